The molecule has 2 amide bonds. The molecule has 30 heavy (non-hydrogen) atoms. The first-order chi connectivity index (χ1) is 14.1. The van der Waals surface area contributed by atoms with Gasteiger partial charge in [0.1, 0.15) is 17.7 Å². The van der Waals surface area contributed by atoms with E-state index in [2.05, 4.69) is 23.3 Å². The van der Waals surface area contributed by atoms with E-state index in [1.54, 1.807) is 0 Å². The molecule has 0 saturated heterocycles. The Morgan fingerprint density at radius 1 is 1.17 bits per heavy atom. The zero-order chi connectivity index (χ0) is 22.4. The number of amides is 2. The zero-order valence-electron chi connectivity index (χ0n) is 16.0. The lowest BCUT2D eigenvalue weighted by Crippen LogP contribution is -2.37. The van der Waals surface area contributed by atoms with Crippen molar-refractivity contribution < 1.29 is 18.4 Å². The fourth-order valence-electron chi connectivity index (χ4n) is 2.64. The maximum Gasteiger partial charge on any atom is 0.250 e. The summed E-state index contributed by atoms with van der Waals surface area (Å²) in [5, 5.41) is 13.2. The first-order valence-corrected chi connectivity index (χ1v) is 9.18. The standard InChI is InChI=1S/C20H21F2N5O2S/c1-10(23)6-18(30)27-15-9-16(14(22)8-13(15)19(24)28)26-17(20(25)29)7-11-2-4-12(21)5-3-11/h2-6,8-9,17,23,26-27,30H,7H2,1H3,(H2,24,28)(H2,25,29)/b18-6-,23-10?/t17-/m1/s1. The monoisotopic (exact) mass is 433 g/mol. The van der Waals surface area contributed by atoms with Crippen molar-refractivity contribution in [3.63, 3.8) is 0 Å². The van der Waals surface area contributed by atoms with Crippen molar-refractivity contribution in [2.24, 2.45) is 11.5 Å². The Kier molecular flexibility index (Phi) is 7.54. The van der Waals surface area contributed by atoms with Crippen molar-refractivity contribution in [3.05, 3.63) is 70.3 Å². The molecule has 0 saturated carbocycles. The van der Waals surface area contributed by atoms with E-state index < -0.39 is 29.5 Å². The zero-order valence-corrected chi connectivity index (χ0v) is 16.9. The molecule has 0 aromatic heterocycles. The van der Waals surface area contributed by atoms with Gasteiger partial charge in [0.05, 0.1) is 22.0 Å². The molecular weight excluding hydrogens is 412 g/mol. The number of carbonyl (C=O) groups is 2. The summed E-state index contributed by atoms with van der Waals surface area (Å²) in [6.07, 6.45) is 1.46. The van der Waals surface area contributed by atoms with Crippen molar-refractivity contribution in [2.75, 3.05) is 10.6 Å². The molecule has 0 bridgehead atoms. The van der Waals surface area contributed by atoms with Crippen molar-refractivity contribution in [3.8, 4) is 0 Å². The molecule has 0 unspecified atom stereocenters. The van der Waals surface area contributed by atoms with E-state index >= 15 is 0 Å². The number of hydrogen-bond donors (Lipinski definition) is 6. The Balaban J connectivity index is 2.37. The van der Waals surface area contributed by atoms with Gasteiger partial charge in [-0.05, 0) is 42.8 Å². The second-order valence-corrected chi connectivity index (χ2v) is 6.99. The summed E-state index contributed by atoms with van der Waals surface area (Å²) in [5.41, 5.74) is 11.4. The van der Waals surface area contributed by atoms with E-state index in [1.807, 2.05) is 0 Å². The van der Waals surface area contributed by atoms with Crippen molar-refractivity contribution >= 4 is 41.5 Å². The highest BCUT2D eigenvalue weighted by Gasteiger charge is 2.20. The summed E-state index contributed by atoms with van der Waals surface area (Å²) in [5.74, 6) is -2.88. The van der Waals surface area contributed by atoms with Crippen LogP contribution in [-0.4, -0.2) is 23.6 Å². The number of hydrogen-bond acceptors (Lipinski definition) is 6. The number of nitrogens with one attached hydrogen (secondary N) is 3. The van der Waals surface area contributed by atoms with Gasteiger partial charge in [-0.15, -0.1) is 12.6 Å². The van der Waals surface area contributed by atoms with Gasteiger partial charge in [-0.2, -0.15) is 0 Å². The quantitative estimate of drug-likeness (QED) is 0.268. The van der Waals surface area contributed by atoms with Crippen molar-refractivity contribution in [1.29, 1.82) is 5.41 Å². The third kappa shape index (κ3) is 6.31. The van der Waals surface area contributed by atoms with Crippen LogP contribution in [0.5, 0.6) is 0 Å². The molecule has 0 aliphatic rings. The van der Waals surface area contributed by atoms with Crippen molar-refractivity contribution in [1.82, 2.24) is 0 Å². The number of carbonyl (C=O) groups excluding carboxylic acids is 2. The normalized spacial score (nSPS) is 12.2. The number of rotatable bonds is 9. The van der Waals surface area contributed by atoms with E-state index in [0.717, 1.165) is 6.07 Å². The van der Waals surface area contributed by atoms with E-state index in [1.165, 1.54) is 43.3 Å². The molecule has 0 aliphatic heterocycles. The molecule has 158 valence electrons. The van der Waals surface area contributed by atoms with Crippen LogP contribution in [0.3, 0.4) is 0 Å². The van der Waals surface area contributed by atoms with Crippen LogP contribution in [-0.2, 0) is 11.2 Å². The first-order valence-electron chi connectivity index (χ1n) is 8.73. The minimum atomic E-state index is -1.01. The average molecular weight is 433 g/mol. The number of thiol groups is 1. The number of allylic oxidation sites excluding steroid dienone is 1. The fourth-order valence-corrected chi connectivity index (χ4v) is 2.95. The van der Waals surface area contributed by atoms with Crippen LogP contribution in [0.25, 0.3) is 0 Å². The molecule has 2 aromatic carbocycles. The lowest BCUT2D eigenvalue weighted by molar-refractivity contribution is -0.118. The molecule has 10 heteroatoms. The highest BCUT2D eigenvalue weighted by Crippen LogP contribution is 2.27. The Bertz CT molecular complexity index is 1010. The summed E-state index contributed by atoms with van der Waals surface area (Å²) < 4.78 is 27.7. The van der Waals surface area contributed by atoms with Gasteiger partial charge in [-0.3, -0.25) is 9.59 Å². The van der Waals surface area contributed by atoms with E-state index in [0.29, 0.717) is 5.56 Å². The molecule has 0 radical (unpaired) electrons. The minimum absolute atomic E-state index is 0.0834. The van der Waals surface area contributed by atoms with Crippen molar-refractivity contribution in [2.45, 2.75) is 19.4 Å². The van der Waals surface area contributed by atoms with E-state index in [4.69, 9.17) is 16.9 Å². The van der Waals surface area contributed by atoms with Gasteiger partial charge in [0.25, 0.3) is 5.91 Å². The molecule has 7 N–H and O–H groups in total. The lowest BCUT2D eigenvalue weighted by Gasteiger charge is -2.19. The third-order valence-electron chi connectivity index (χ3n) is 4.01. The predicted molar refractivity (Wildman–Crippen MR) is 116 cm³/mol. The summed E-state index contributed by atoms with van der Waals surface area (Å²) in [7, 11) is 0. The number of benzene rings is 2. The lowest BCUT2D eigenvalue weighted by atomic mass is 10.0. The molecule has 1 atom stereocenters. The first kappa shape index (κ1) is 22.9. The Labute approximate surface area is 177 Å². The van der Waals surface area contributed by atoms with Gasteiger partial charge in [-0.25, -0.2) is 8.78 Å². The summed E-state index contributed by atoms with van der Waals surface area (Å²) in [4.78, 5) is 23.6. The largest absolute Gasteiger partial charge is 0.371 e. The summed E-state index contributed by atoms with van der Waals surface area (Å²) in [6, 6.07) is 6.62. The van der Waals surface area contributed by atoms with Crippen LogP contribution < -0.4 is 22.1 Å². The molecule has 0 fully saturated rings. The second kappa shape index (κ2) is 9.88. The molecule has 2 rings (SSSR count). The summed E-state index contributed by atoms with van der Waals surface area (Å²) >= 11 is 4.17. The fraction of sp³-hybridized carbons (Fsp3) is 0.150. The number of primary amides is 2. The third-order valence-corrected chi connectivity index (χ3v) is 4.26. The van der Waals surface area contributed by atoms with Gasteiger partial charge in [-0.1, -0.05) is 12.1 Å². The van der Waals surface area contributed by atoms with Crippen LogP contribution in [0.1, 0.15) is 22.8 Å². The molecule has 2 aromatic rings. The topological polar surface area (TPSA) is 134 Å². The average Bonchev–Trinajstić information content (AvgIpc) is 2.64. The highest BCUT2D eigenvalue weighted by molar-refractivity contribution is 7.84. The van der Waals surface area contributed by atoms with Crippen LogP contribution in [0.4, 0.5) is 20.2 Å². The number of halogens is 2. The van der Waals surface area contributed by atoms with Gasteiger partial charge in [0, 0.05) is 12.1 Å². The van der Waals surface area contributed by atoms with Gasteiger partial charge in [0.2, 0.25) is 5.91 Å². The van der Waals surface area contributed by atoms with Gasteiger partial charge in [0.15, 0.2) is 0 Å². The maximum atomic E-state index is 14.6. The van der Waals surface area contributed by atoms with E-state index in [-0.39, 0.29) is 34.1 Å². The van der Waals surface area contributed by atoms with E-state index in [9.17, 15) is 18.4 Å². The Morgan fingerprint density at radius 2 is 1.80 bits per heavy atom. The smallest absolute Gasteiger partial charge is 0.250 e. The molecule has 0 heterocycles. The van der Waals surface area contributed by atoms with Crippen LogP contribution in [0.2, 0.25) is 0 Å². The van der Waals surface area contributed by atoms with Crippen LogP contribution in [0.15, 0.2) is 47.5 Å². The number of anilines is 2. The van der Waals surface area contributed by atoms with Crippen LogP contribution >= 0.6 is 12.6 Å². The Hall–Kier alpha value is -3.40. The van der Waals surface area contributed by atoms with Crippen LogP contribution in [0, 0.1) is 17.0 Å². The second-order valence-electron chi connectivity index (χ2n) is 6.51. The SMILES string of the molecule is CC(=N)/C=C(\S)Nc1cc(N[C@H](Cc2ccc(F)cc2)C(N)=O)c(F)cc1C(N)=O. The Morgan fingerprint density at radius 3 is 2.33 bits per heavy atom. The minimum Gasteiger partial charge on any atom is -0.371 e. The van der Waals surface area contributed by atoms with Gasteiger partial charge < -0.3 is 27.5 Å². The molecule has 0 spiro atoms. The molecule has 7 nitrogen and oxygen atoms in total. The summed E-state index contributed by atoms with van der Waals surface area (Å²) in [6.45, 7) is 1.53. The maximum absolute atomic E-state index is 14.6. The predicted octanol–water partition coefficient (Wildman–Crippen LogP) is 2.79. The molecule has 0 aliphatic carbocycles. The van der Waals surface area contributed by atoms with Gasteiger partial charge >= 0.3 is 0 Å². The number of nitrogens with two attached hydrogens (primary N) is 2. The highest BCUT2D eigenvalue weighted by atomic mass is 32.1. The molecular formula is C20H21F2N5O2S.